The Kier molecular flexibility index (Phi) is 4.68. The fraction of sp³-hybridized carbons (Fsp3) is 0.538. The van der Waals surface area contributed by atoms with Gasteiger partial charge in [0, 0.05) is 0 Å². The highest BCUT2D eigenvalue weighted by molar-refractivity contribution is 5.44. The normalized spacial score (nSPS) is 14.9. The molecule has 1 rings (SSSR count). The fourth-order valence-electron chi connectivity index (χ4n) is 1.47. The first-order valence-corrected chi connectivity index (χ1v) is 5.84. The molecule has 1 N–H and O–H groups in total. The van der Waals surface area contributed by atoms with Gasteiger partial charge in [0.2, 0.25) is 0 Å². The molecule has 0 fully saturated rings. The zero-order chi connectivity index (χ0) is 14.7. The van der Waals surface area contributed by atoms with Crippen LogP contribution in [0.1, 0.15) is 25.8 Å². The van der Waals surface area contributed by atoms with Crippen LogP contribution in [0, 0.1) is 0 Å². The monoisotopic (exact) mass is 278 g/mol. The van der Waals surface area contributed by atoms with E-state index in [1.165, 1.54) is 19.2 Å². The van der Waals surface area contributed by atoms with Crippen LogP contribution in [0.5, 0.6) is 11.5 Å². The molecule has 0 aromatic heterocycles. The summed E-state index contributed by atoms with van der Waals surface area (Å²) in [6.45, 7) is 3.05. The van der Waals surface area contributed by atoms with Crippen LogP contribution in [0.25, 0.3) is 0 Å². The average Bonchev–Trinajstić information content (AvgIpc) is 2.34. The minimum Gasteiger partial charge on any atom is -0.493 e. The smallest absolute Gasteiger partial charge is 0.421 e. The number of halogens is 3. The lowest BCUT2D eigenvalue weighted by atomic mass is 9.95. The standard InChI is InChI=1S/C13H17F3O3/c1-4-7-19-10-6-5-9(8-11(10)18-3)12(2,17)13(14,15)16/h5-6,8,17H,4,7H2,1-3H3. The summed E-state index contributed by atoms with van der Waals surface area (Å²) in [6.07, 6.45) is -3.99. The summed E-state index contributed by atoms with van der Waals surface area (Å²) in [5.74, 6) is 0.515. The molecule has 0 aliphatic heterocycles. The first-order chi connectivity index (χ1) is 8.74. The molecule has 0 amide bonds. The highest BCUT2D eigenvalue weighted by atomic mass is 19.4. The molecule has 19 heavy (non-hydrogen) atoms. The van der Waals surface area contributed by atoms with Gasteiger partial charge in [-0.05, 0) is 31.0 Å². The van der Waals surface area contributed by atoms with Gasteiger partial charge in [-0.2, -0.15) is 13.2 Å². The van der Waals surface area contributed by atoms with Crippen molar-refractivity contribution in [1.29, 1.82) is 0 Å². The van der Waals surface area contributed by atoms with Gasteiger partial charge in [0.1, 0.15) is 0 Å². The van der Waals surface area contributed by atoms with Crippen LogP contribution in [0.15, 0.2) is 18.2 Å². The van der Waals surface area contributed by atoms with Crippen LogP contribution in [0.4, 0.5) is 13.2 Å². The van der Waals surface area contributed by atoms with Crippen molar-refractivity contribution in [3.63, 3.8) is 0 Å². The molecule has 0 saturated carbocycles. The van der Waals surface area contributed by atoms with E-state index in [1.54, 1.807) is 0 Å². The van der Waals surface area contributed by atoms with Gasteiger partial charge in [0.15, 0.2) is 17.1 Å². The molecule has 1 aromatic carbocycles. The summed E-state index contributed by atoms with van der Waals surface area (Å²) in [5.41, 5.74) is -3.22. The molecule has 1 atom stereocenters. The molecule has 108 valence electrons. The van der Waals surface area contributed by atoms with Crippen LogP contribution >= 0.6 is 0 Å². The van der Waals surface area contributed by atoms with E-state index in [0.29, 0.717) is 19.3 Å². The van der Waals surface area contributed by atoms with Crippen molar-refractivity contribution in [2.75, 3.05) is 13.7 Å². The van der Waals surface area contributed by atoms with Crippen molar-refractivity contribution in [3.05, 3.63) is 23.8 Å². The zero-order valence-electron chi connectivity index (χ0n) is 11.0. The maximum absolute atomic E-state index is 12.7. The summed E-state index contributed by atoms with van der Waals surface area (Å²) < 4.78 is 48.5. The van der Waals surface area contributed by atoms with E-state index in [0.717, 1.165) is 12.5 Å². The second-order valence-corrected chi connectivity index (χ2v) is 4.28. The van der Waals surface area contributed by atoms with Crippen LogP contribution in [0.3, 0.4) is 0 Å². The highest BCUT2D eigenvalue weighted by Gasteiger charge is 2.51. The third-order valence-corrected chi connectivity index (χ3v) is 2.74. The number of hydrogen-bond donors (Lipinski definition) is 1. The Labute approximate surface area is 110 Å². The quantitative estimate of drug-likeness (QED) is 0.898. The molecule has 0 aliphatic carbocycles. The third-order valence-electron chi connectivity index (χ3n) is 2.74. The number of aliphatic hydroxyl groups is 1. The zero-order valence-corrected chi connectivity index (χ0v) is 11.0. The molecular weight excluding hydrogens is 261 g/mol. The molecule has 1 aromatic rings. The van der Waals surface area contributed by atoms with Gasteiger partial charge < -0.3 is 14.6 Å². The van der Waals surface area contributed by atoms with Crippen LogP contribution in [-0.4, -0.2) is 25.0 Å². The summed E-state index contributed by atoms with van der Waals surface area (Å²) in [4.78, 5) is 0. The molecule has 0 heterocycles. The topological polar surface area (TPSA) is 38.7 Å². The Morgan fingerprint density at radius 1 is 1.21 bits per heavy atom. The highest BCUT2D eigenvalue weighted by Crippen LogP contribution is 2.41. The van der Waals surface area contributed by atoms with E-state index in [4.69, 9.17) is 9.47 Å². The molecule has 0 saturated heterocycles. The summed E-state index contributed by atoms with van der Waals surface area (Å²) >= 11 is 0. The van der Waals surface area contributed by atoms with E-state index in [2.05, 4.69) is 0 Å². The van der Waals surface area contributed by atoms with Gasteiger partial charge in [0.05, 0.1) is 13.7 Å². The number of alkyl halides is 3. The predicted molar refractivity (Wildman–Crippen MR) is 64.4 cm³/mol. The summed E-state index contributed by atoms with van der Waals surface area (Å²) in [5, 5.41) is 9.59. The molecule has 6 heteroatoms. The number of benzene rings is 1. The van der Waals surface area contributed by atoms with E-state index < -0.39 is 11.8 Å². The SMILES string of the molecule is CCCOc1ccc(C(C)(O)C(F)(F)F)cc1OC. The van der Waals surface area contributed by atoms with Gasteiger partial charge in [-0.3, -0.25) is 0 Å². The fourth-order valence-corrected chi connectivity index (χ4v) is 1.47. The van der Waals surface area contributed by atoms with Gasteiger partial charge >= 0.3 is 6.18 Å². The minimum atomic E-state index is -4.76. The number of rotatable bonds is 5. The van der Waals surface area contributed by atoms with Gasteiger partial charge in [-0.1, -0.05) is 13.0 Å². The second kappa shape index (κ2) is 5.69. The van der Waals surface area contributed by atoms with E-state index in [9.17, 15) is 18.3 Å². The largest absolute Gasteiger partial charge is 0.493 e. The minimum absolute atomic E-state index is 0.162. The van der Waals surface area contributed by atoms with Gasteiger partial charge in [0.25, 0.3) is 0 Å². The third kappa shape index (κ3) is 3.32. The van der Waals surface area contributed by atoms with Crippen molar-refractivity contribution >= 4 is 0 Å². The first kappa shape index (κ1) is 15.6. The summed E-state index contributed by atoms with van der Waals surface area (Å²) in [6, 6.07) is 3.68. The number of ether oxygens (including phenoxy) is 2. The molecule has 0 spiro atoms. The second-order valence-electron chi connectivity index (χ2n) is 4.28. The van der Waals surface area contributed by atoms with E-state index >= 15 is 0 Å². The van der Waals surface area contributed by atoms with Crippen molar-refractivity contribution in [2.24, 2.45) is 0 Å². The summed E-state index contributed by atoms with van der Waals surface area (Å²) in [7, 11) is 1.33. The van der Waals surface area contributed by atoms with E-state index in [-0.39, 0.29) is 11.3 Å². The maximum Gasteiger partial charge on any atom is 0.421 e. The average molecular weight is 278 g/mol. The Morgan fingerprint density at radius 3 is 2.32 bits per heavy atom. The van der Waals surface area contributed by atoms with Crippen molar-refractivity contribution in [1.82, 2.24) is 0 Å². The van der Waals surface area contributed by atoms with Crippen molar-refractivity contribution in [3.8, 4) is 11.5 Å². The molecule has 3 nitrogen and oxygen atoms in total. The Morgan fingerprint density at radius 2 is 1.84 bits per heavy atom. The number of hydrogen-bond acceptors (Lipinski definition) is 3. The van der Waals surface area contributed by atoms with E-state index in [1.807, 2.05) is 6.92 Å². The first-order valence-electron chi connectivity index (χ1n) is 5.84. The Balaban J connectivity index is 3.13. The Bertz CT molecular complexity index is 428. The Hall–Kier alpha value is -1.43. The predicted octanol–water partition coefficient (Wildman–Crippen LogP) is 3.25. The molecule has 0 bridgehead atoms. The molecule has 0 aliphatic rings. The van der Waals surface area contributed by atoms with Crippen molar-refractivity contribution in [2.45, 2.75) is 32.0 Å². The lowest BCUT2D eigenvalue weighted by Crippen LogP contribution is -2.39. The van der Waals surface area contributed by atoms with Gasteiger partial charge in [-0.15, -0.1) is 0 Å². The van der Waals surface area contributed by atoms with Crippen LogP contribution in [0.2, 0.25) is 0 Å². The lowest BCUT2D eigenvalue weighted by Gasteiger charge is -2.27. The number of methoxy groups -OCH3 is 1. The lowest BCUT2D eigenvalue weighted by molar-refractivity contribution is -0.258. The maximum atomic E-state index is 12.7. The van der Waals surface area contributed by atoms with Gasteiger partial charge in [-0.25, -0.2) is 0 Å². The molecule has 1 unspecified atom stereocenters. The van der Waals surface area contributed by atoms with Crippen LogP contribution < -0.4 is 9.47 Å². The molecule has 0 radical (unpaired) electrons. The van der Waals surface area contributed by atoms with Crippen LogP contribution in [-0.2, 0) is 5.60 Å². The van der Waals surface area contributed by atoms with Crippen molar-refractivity contribution < 1.29 is 27.8 Å². The molecular formula is C13H17F3O3.